The molecule has 246 valence electrons. The lowest BCUT2D eigenvalue weighted by molar-refractivity contribution is -0.144. The molecule has 1 heterocycles. The number of rotatable bonds is 7. The van der Waals surface area contributed by atoms with Crippen LogP contribution in [0.1, 0.15) is 100 Å². The first-order valence-corrected chi connectivity index (χ1v) is 17.3. The Bertz CT molecular complexity index is 1690. The molecule has 0 saturated heterocycles. The van der Waals surface area contributed by atoms with Gasteiger partial charge in [0.2, 0.25) is 0 Å². The Balaban J connectivity index is 0.952. The van der Waals surface area contributed by atoms with Crippen LogP contribution in [0, 0.1) is 40.3 Å². The molecule has 1 unspecified atom stereocenters. The van der Waals surface area contributed by atoms with Gasteiger partial charge in [-0.1, -0.05) is 38.1 Å². The second-order valence-corrected chi connectivity index (χ2v) is 15.5. The standard InChI is InChI=1S/C38H47F2N3O3/c1-36(40)16-17-37(2)24(22-36)9-10-27-29-11-13-33(38(29,3)15-14-30(27)37)46-19-18-41-34(44)28-20-23(8-12-31(28)39)21-32-25-6-4-5-7-26(25)35(45)43-42-32/h4-8,12,20,24,27,29-30,33H,9-11,13-19,21-22H2,1-3H3,(H,41,44)(H,43,45)/t24-,27-,29-,30-,33-,36?,37-,38-/m0/s1. The van der Waals surface area contributed by atoms with Crippen molar-refractivity contribution in [3.05, 3.63) is 75.5 Å². The molecule has 2 aromatic carbocycles. The van der Waals surface area contributed by atoms with Crippen LogP contribution in [0.15, 0.2) is 47.3 Å². The van der Waals surface area contributed by atoms with Crippen molar-refractivity contribution in [2.24, 2.45) is 34.5 Å². The van der Waals surface area contributed by atoms with E-state index in [1.807, 2.05) is 19.1 Å². The van der Waals surface area contributed by atoms with Crippen molar-refractivity contribution in [1.82, 2.24) is 15.5 Å². The van der Waals surface area contributed by atoms with Gasteiger partial charge in [0.15, 0.2) is 0 Å². The average molecular weight is 632 g/mol. The second kappa shape index (κ2) is 11.8. The van der Waals surface area contributed by atoms with Gasteiger partial charge in [0, 0.05) is 18.4 Å². The molecule has 4 fully saturated rings. The molecule has 8 heteroatoms. The van der Waals surface area contributed by atoms with Crippen molar-refractivity contribution < 1.29 is 18.3 Å². The summed E-state index contributed by atoms with van der Waals surface area (Å²) in [5, 5.41) is 10.9. The van der Waals surface area contributed by atoms with Crippen molar-refractivity contribution in [2.75, 3.05) is 13.2 Å². The molecule has 4 saturated carbocycles. The van der Waals surface area contributed by atoms with Crippen LogP contribution in [0.25, 0.3) is 10.8 Å². The summed E-state index contributed by atoms with van der Waals surface area (Å²) in [6, 6.07) is 11.7. The fourth-order valence-electron chi connectivity index (χ4n) is 10.4. The summed E-state index contributed by atoms with van der Waals surface area (Å²) < 4.78 is 36.2. The van der Waals surface area contributed by atoms with E-state index in [0.717, 1.165) is 43.1 Å². The SMILES string of the molecule is CC1(F)CC[C@@]2(C)[C@@H](CC[C@@H]3[C@@H]2CC[C@]2(C)[C@@H](OCCNC(=O)c4cc(Cc5n[nH]c(=O)c6ccccc56)ccc4F)CC[C@@H]32)C1. The van der Waals surface area contributed by atoms with Gasteiger partial charge in [0.05, 0.1) is 29.4 Å². The number of ether oxygens (including phenoxy) is 1. The number of nitrogens with zero attached hydrogens (tertiary/aromatic N) is 1. The number of aromatic amines is 1. The van der Waals surface area contributed by atoms with E-state index in [0.29, 0.717) is 60.7 Å². The number of carbonyl (C=O) groups is 1. The van der Waals surface area contributed by atoms with Gasteiger partial charge in [-0.3, -0.25) is 9.59 Å². The van der Waals surface area contributed by atoms with E-state index in [1.54, 1.807) is 24.3 Å². The zero-order chi connectivity index (χ0) is 32.3. The fourth-order valence-corrected chi connectivity index (χ4v) is 10.4. The van der Waals surface area contributed by atoms with Crippen LogP contribution < -0.4 is 10.9 Å². The van der Waals surface area contributed by atoms with E-state index < -0.39 is 17.4 Å². The first-order valence-electron chi connectivity index (χ1n) is 17.3. The van der Waals surface area contributed by atoms with Gasteiger partial charge in [-0.2, -0.15) is 5.10 Å². The third-order valence-corrected chi connectivity index (χ3v) is 13.0. The highest BCUT2D eigenvalue weighted by molar-refractivity contribution is 5.94. The maximum Gasteiger partial charge on any atom is 0.272 e. The van der Waals surface area contributed by atoms with Crippen molar-refractivity contribution in [2.45, 2.75) is 96.8 Å². The molecule has 4 aliphatic rings. The van der Waals surface area contributed by atoms with Crippen LogP contribution in [-0.2, 0) is 11.2 Å². The number of alkyl halides is 1. The quantitative estimate of drug-likeness (QED) is 0.264. The van der Waals surface area contributed by atoms with Crippen molar-refractivity contribution >= 4 is 16.7 Å². The number of benzene rings is 2. The van der Waals surface area contributed by atoms with Crippen molar-refractivity contribution in [3.63, 3.8) is 0 Å². The maximum atomic E-state index is 15.0. The summed E-state index contributed by atoms with van der Waals surface area (Å²) in [6.07, 6.45) is 9.84. The summed E-state index contributed by atoms with van der Waals surface area (Å²) in [4.78, 5) is 25.2. The molecule has 4 aliphatic carbocycles. The summed E-state index contributed by atoms with van der Waals surface area (Å²) in [5.74, 6) is 1.46. The number of hydrogen-bond donors (Lipinski definition) is 2. The van der Waals surface area contributed by atoms with Gasteiger partial charge >= 0.3 is 0 Å². The number of hydrogen-bond acceptors (Lipinski definition) is 4. The molecule has 0 aliphatic heterocycles. The lowest BCUT2D eigenvalue weighted by Gasteiger charge is -2.61. The van der Waals surface area contributed by atoms with Crippen LogP contribution >= 0.6 is 0 Å². The average Bonchev–Trinajstić information content (AvgIpc) is 3.38. The van der Waals surface area contributed by atoms with E-state index >= 15 is 0 Å². The van der Waals surface area contributed by atoms with Gasteiger partial charge in [-0.25, -0.2) is 13.9 Å². The highest BCUT2D eigenvalue weighted by Gasteiger charge is 2.61. The summed E-state index contributed by atoms with van der Waals surface area (Å²) in [5.41, 5.74) is 0.480. The van der Waals surface area contributed by atoms with Gasteiger partial charge in [-0.15, -0.1) is 0 Å². The molecule has 7 rings (SSSR count). The highest BCUT2D eigenvalue weighted by atomic mass is 19.1. The maximum absolute atomic E-state index is 15.0. The highest BCUT2D eigenvalue weighted by Crippen LogP contribution is 2.67. The molecule has 0 radical (unpaired) electrons. The monoisotopic (exact) mass is 631 g/mol. The molecule has 6 nitrogen and oxygen atoms in total. The summed E-state index contributed by atoms with van der Waals surface area (Å²) in [6.45, 7) is 7.38. The smallest absolute Gasteiger partial charge is 0.272 e. The van der Waals surface area contributed by atoms with E-state index in [2.05, 4.69) is 29.4 Å². The third kappa shape index (κ3) is 5.48. The normalized spacial score (nSPS) is 35.3. The van der Waals surface area contributed by atoms with Gasteiger partial charge in [0.25, 0.3) is 11.5 Å². The lowest BCUT2D eigenvalue weighted by Crippen LogP contribution is -2.55. The zero-order valence-electron chi connectivity index (χ0n) is 27.3. The van der Waals surface area contributed by atoms with Gasteiger partial charge in [0.1, 0.15) is 11.5 Å². The van der Waals surface area contributed by atoms with Crippen LogP contribution in [0.5, 0.6) is 0 Å². The zero-order valence-corrected chi connectivity index (χ0v) is 27.3. The fraction of sp³-hybridized carbons (Fsp3) is 0.605. The van der Waals surface area contributed by atoms with Gasteiger partial charge in [-0.05, 0) is 123 Å². The number of fused-ring (bicyclic) bond motifs is 6. The van der Waals surface area contributed by atoms with Crippen LogP contribution in [0.4, 0.5) is 8.78 Å². The van der Waals surface area contributed by atoms with E-state index in [4.69, 9.17) is 4.74 Å². The number of H-pyrrole nitrogens is 1. The molecule has 46 heavy (non-hydrogen) atoms. The Morgan fingerprint density at radius 3 is 2.59 bits per heavy atom. The molecule has 0 spiro atoms. The minimum Gasteiger partial charge on any atom is -0.376 e. The number of halogens is 2. The number of amides is 1. The predicted octanol–water partition coefficient (Wildman–Crippen LogP) is 7.54. The van der Waals surface area contributed by atoms with Crippen LogP contribution in [0.3, 0.4) is 0 Å². The van der Waals surface area contributed by atoms with Crippen LogP contribution in [-0.4, -0.2) is 41.0 Å². The molecule has 1 aromatic heterocycles. The van der Waals surface area contributed by atoms with Crippen LogP contribution in [0.2, 0.25) is 0 Å². The Labute approximate surface area is 270 Å². The van der Waals surface area contributed by atoms with Crippen molar-refractivity contribution in [3.8, 4) is 0 Å². The molecule has 8 atom stereocenters. The Morgan fingerprint density at radius 1 is 0.978 bits per heavy atom. The van der Waals surface area contributed by atoms with E-state index in [9.17, 15) is 18.4 Å². The van der Waals surface area contributed by atoms with E-state index in [1.165, 1.54) is 25.3 Å². The molecular weight excluding hydrogens is 584 g/mol. The first-order chi connectivity index (χ1) is 22.0. The molecule has 1 amide bonds. The molecule has 2 N–H and O–H groups in total. The number of aromatic nitrogens is 2. The molecular formula is C38H47F2N3O3. The molecule has 3 aromatic rings. The minimum absolute atomic E-state index is 0.0164. The molecule has 0 bridgehead atoms. The number of nitrogens with one attached hydrogen (secondary N) is 2. The largest absolute Gasteiger partial charge is 0.376 e. The Morgan fingerprint density at radius 2 is 1.76 bits per heavy atom. The summed E-state index contributed by atoms with van der Waals surface area (Å²) >= 11 is 0. The summed E-state index contributed by atoms with van der Waals surface area (Å²) in [7, 11) is 0. The number of carbonyl (C=O) groups excluding carboxylic acids is 1. The predicted molar refractivity (Wildman–Crippen MR) is 175 cm³/mol. The Hall–Kier alpha value is -3.13. The third-order valence-electron chi connectivity index (χ3n) is 13.0. The second-order valence-electron chi connectivity index (χ2n) is 15.5. The Kier molecular flexibility index (Phi) is 8.10. The van der Waals surface area contributed by atoms with E-state index in [-0.39, 0.29) is 28.1 Å². The topological polar surface area (TPSA) is 84.1 Å². The first kappa shape index (κ1) is 31.5. The van der Waals surface area contributed by atoms with Gasteiger partial charge < -0.3 is 10.1 Å². The minimum atomic E-state index is -1.01. The lowest BCUT2D eigenvalue weighted by atomic mass is 9.44. The van der Waals surface area contributed by atoms with Crippen molar-refractivity contribution in [1.29, 1.82) is 0 Å².